The molecule has 2 aromatic rings. The Hall–Kier alpha value is -2.08. The first-order valence-electron chi connectivity index (χ1n) is 6.80. The van der Waals surface area contributed by atoms with Gasteiger partial charge in [0, 0.05) is 18.2 Å². The van der Waals surface area contributed by atoms with Crippen molar-refractivity contribution in [3.63, 3.8) is 0 Å². The summed E-state index contributed by atoms with van der Waals surface area (Å²) in [5.74, 6) is 3.35. The lowest BCUT2D eigenvalue weighted by molar-refractivity contribution is -0.118. The molecule has 1 N–H and O–H groups in total. The lowest BCUT2D eigenvalue weighted by Gasteiger charge is -2.11. The fourth-order valence-corrected chi connectivity index (χ4v) is 2.64. The van der Waals surface area contributed by atoms with E-state index in [9.17, 15) is 4.79 Å². The number of ether oxygens (including phenoxy) is 2. The molecule has 0 aliphatic rings. The third kappa shape index (κ3) is 4.73. The lowest BCUT2D eigenvalue weighted by Crippen LogP contribution is -2.24. The molecular weight excluding hydrogens is 302 g/mol. The Kier molecular flexibility index (Phi) is 6.21. The van der Waals surface area contributed by atoms with Gasteiger partial charge in [0.05, 0.1) is 32.0 Å². The summed E-state index contributed by atoms with van der Waals surface area (Å²) in [5.41, 5.74) is 0.910. The summed E-state index contributed by atoms with van der Waals surface area (Å²) in [4.78, 5) is 11.8. The van der Waals surface area contributed by atoms with Gasteiger partial charge in [-0.2, -0.15) is 0 Å². The smallest absolute Gasteiger partial charge is 0.230 e. The number of hydrogen-bond acceptors (Lipinski definition) is 5. The highest BCUT2D eigenvalue weighted by atomic mass is 32.2. The zero-order valence-electron chi connectivity index (χ0n) is 12.6. The Bertz CT molecular complexity index is 598. The minimum Gasteiger partial charge on any atom is -0.497 e. The van der Waals surface area contributed by atoms with Gasteiger partial charge in [0.15, 0.2) is 0 Å². The van der Waals surface area contributed by atoms with Crippen molar-refractivity contribution in [1.29, 1.82) is 0 Å². The molecule has 118 valence electrons. The van der Waals surface area contributed by atoms with E-state index in [1.165, 1.54) is 11.8 Å². The SMILES string of the molecule is COc1ccc(CNC(=O)CSCc2ccco2)c(OC)c1. The predicted octanol–water partition coefficient (Wildman–Crippen LogP) is 2.85. The standard InChI is InChI=1S/C16H19NO4S/c1-19-13-6-5-12(15(8-13)20-2)9-17-16(18)11-22-10-14-4-3-7-21-14/h3-8H,9-11H2,1-2H3,(H,17,18). The first-order valence-corrected chi connectivity index (χ1v) is 7.96. The van der Waals surface area contributed by atoms with Crippen LogP contribution < -0.4 is 14.8 Å². The Morgan fingerprint density at radius 3 is 2.82 bits per heavy atom. The van der Waals surface area contributed by atoms with Crippen molar-refractivity contribution in [2.24, 2.45) is 0 Å². The molecule has 0 aliphatic carbocycles. The maximum atomic E-state index is 11.8. The van der Waals surface area contributed by atoms with Gasteiger partial charge in [0.1, 0.15) is 17.3 Å². The number of nitrogens with one attached hydrogen (secondary N) is 1. The maximum absolute atomic E-state index is 11.8. The van der Waals surface area contributed by atoms with Crippen molar-refractivity contribution in [2.75, 3.05) is 20.0 Å². The summed E-state index contributed by atoms with van der Waals surface area (Å²) in [6, 6.07) is 9.26. The van der Waals surface area contributed by atoms with E-state index in [-0.39, 0.29) is 5.91 Å². The highest BCUT2D eigenvalue weighted by molar-refractivity contribution is 7.99. The van der Waals surface area contributed by atoms with Gasteiger partial charge in [-0.25, -0.2) is 0 Å². The van der Waals surface area contributed by atoms with Crippen molar-refractivity contribution < 1.29 is 18.7 Å². The molecule has 0 saturated carbocycles. The first kappa shape index (κ1) is 16.3. The van der Waals surface area contributed by atoms with E-state index < -0.39 is 0 Å². The molecule has 2 rings (SSSR count). The first-order chi connectivity index (χ1) is 10.7. The summed E-state index contributed by atoms with van der Waals surface area (Å²) in [6.07, 6.45) is 1.63. The van der Waals surface area contributed by atoms with Crippen LogP contribution >= 0.6 is 11.8 Å². The summed E-state index contributed by atoms with van der Waals surface area (Å²) >= 11 is 1.51. The highest BCUT2D eigenvalue weighted by Gasteiger charge is 2.08. The van der Waals surface area contributed by atoms with Gasteiger partial charge in [-0.1, -0.05) is 0 Å². The van der Waals surface area contributed by atoms with Crippen LogP contribution in [0, 0.1) is 0 Å². The summed E-state index contributed by atoms with van der Waals surface area (Å²) < 4.78 is 15.7. The molecule has 1 heterocycles. The zero-order chi connectivity index (χ0) is 15.8. The molecule has 0 spiro atoms. The van der Waals surface area contributed by atoms with Crippen LogP contribution in [0.4, 0.5) is 0 Å². The average molecular weight is 321 g/mol. The fraction of sp³-hybridized carbons (Fsp3) is 0.312. The second-order valence-electron chi connectivity index (χ2n) is 4.53. The fourth-order valence-electron chi connectivity index (χ4n) is 1.88. The largest absolute Gasteiger partial charge is 0.497 e. The van der Waals surface area contributed by atoms with Crippen molar-refractivity contribution in [1.82, 2.24) is 5.32 Å². The van der Waals surface area contributed by atoms with Crippen molar-refractivity contribution in [3.05, 3.63) is 47.9 Å². The molecule has 0 atom stereocenters. The van der Waals surface area contributed by atoms with Crippen LogP contribution in [0.25, 0.3) is 0 Å². The Labute approximate surface area is 134 Å². The molecule has 0 aliphatic heterocycles. The molecule has 0 unspecified atom stereocenters. The number of furan rings is 1. The van der Waals surface area contributed by atoms with Crippen LogP contribution in [0.1, 0.15) is 11.3 Å². The Morgan fingerprint density at radius 1 is 1.27 bits per heavy atom. The van der Waals surface area contributed by atoms with Gasteiger partial charge in [0.25, 0.3) is 0 Å². The number of thioether (sulfide) groups is 1. The number of carbonyl (C=O) groups is 1. The highest BCUT2D eigenvalue weighted by Crippen LogP contribution is 2.24. The molecule has 0 bridgehead atoms. The van der Waals surface area contributed by atoms with E-state index in [0.717, 1.165) is 17.1 Å². The number of amides is 1. The van der Waals surface area contributed by atoms with E-state index in [4.69, 9.17) is 13.9 Å². The third-order valence-electron chi connectivity index (χ3n) is 3.03. The van der Waals surface area contributed by atoms with Crippen LogP contribution in [0.3, 0.4) is 0 Å². The van der Waals surface area contributed by atoms with Crippen LogP contribution in [0.5, 0.6) is 11.5 Å². The minimum absolute atomic E-state index is 0.0190. The van der Waals surface area contributed by atoms with Crippen LogP contribution in [-0.4, -0.2) is 25.9 Å². The number of benzene rings is 1. The van der Waals surface area contributed by atoms with Crippen molar-refractivity contribution in [2.45, 2.75) is 12.3 Å². The molecular formula is C16H19NO4S. The second-order valence-corrected chi connectivity index (χ2v) is 5.51. The molecule has 0 fully saturated rings. The third-order valence-corrected chi connectivity index (χ3v) is 3.98. The summed E-state index contributed by atoms with van der Waals surface area (Å²) in [6.45, 7) is 0.424. The molecule has 22 heavy (non-hydrogen) atoms. The molecule has 1 aromatic heterocycles. The van der Waals surface area contributed by atoms with E-state index in [0.29, 0.717) is 23.8 Å². The van der Waals surface area contributed by atoms with E-state index in [1.54, 1.807) is 26.5 Å². The van der Waals surface area contributed by atoms with E-state index >= 15 is 0 Å². The molecule has 1 amide bonds. The summed E-state index contributed by atoms with van der Waals surface area (Å²) in [5, 5.41) is 2.88. The number of methoxy groups -OCH3 is 2. The summed E-state index contributed by atoms with van der Waals surface area (Å²) in [7, 11) is 3.20. The lowest BCUT2D eigenvalue weighted by atomic mass is 10.2. The number of carbonyl (C=O) groups excluding carboxylic acids is 1. The average Bonchev–Trinajstić information content (AvgIpc) is 3.06. The van der Waals surface area contributed by atoms with Gasteiger partial charge < -0.3 is 19.2 Å². The van der Waals surface area contributed by atoms with Crippen LogP contribution in [0.15, 0.2) is 41.0 Å². The molecule has 1 aromatic carbocycles. The number of rotatable bonds is 8. The van der Waals surface area contributed by atoms with E-state index in [2.05, 4.69) is 5.32 Å². The molecule has 6 heteroatoms. The molecule has 0 saturated heterocycles. The number of hydrogen-bond donors (Lipinski definition) is 1. The minimum atomic E-state index is -0.0190. The van der Waals surface area contributed by atoms with Gasteiger partial charge >= 0.3 is 0 Å². The van der Waals surface area contributed by atoms with Crippen LogP contribution in [-0.2, 0) is 17.1 Å². The molecule has 5 nitrogen and oxygen atoms in total. The monoisotopic (exact) mass is 321 g/mol. The Morgan fingerprint density at radius 2 is 2.14 bits per heavy atom. The second kappa shape index (κ2) is 8.38. The van der Waals surface area contributed by atoms with Gasteiger partial charge in [0.2, 0.25) is 5.91 Å². The van der Waals surface area contributed by atoms with Gasteiger partial charge in [-0.05, 0) is 24.3 Å². The Balaban J connectivity index is 1.78. The van der Waals surface area contributed by atoms with E-state index in [1.807, 2.05) is 24.3 Å². The topological polar surface area (TPSA) is 60.7 Å². The maximum Gasteiger partial charge on any atom is 0.230 e. The predicted molar refractivity (Wildman–Crippen MR) is 86.3 cm³/mol. The van der Waals surface area contributed by atoms with Gasteiger partial charge in [-0.15, -0.1) is 11.8 Å². The van der Waals surface area contributed by atoms with Crippen LogP contribution in [0.2, 0.25) is 0 Å². The van der Waals surface area contributed by atoms with Gasteiger partial charge in [-0.3, -0.25) is 4.79 Å². The normalized spacial score (nSPS) is 10.3. The quantitative estimate of drug-likeness (QED) is 0.810. The van der Waals surface area contributed by atoms with Crippen molar-refractivity contribution in [3.8, 4) is 11.5 Å². The van der Waals surface area contributed by atoms with Crippen molar-refractivity contribution >= 4 is 17.7 Å². The molecule has 0 radical (unpaired) electrons. The zero-order valence-corrected chi connectivity index (χ0v) is 13.4.